The Morgan fingerprint density at radius 1 is 0.561 bits per heavy atom. The van der Waals surface area contributed by atoms with Crippen LogP contribution >= 0.6 is 0 Å². The number of fused-ring (bicyclic) bond motifs is 6. The number of aromatic amines is 2. The zero-order chi connectivity index (χ0) is 39.5. The fraction of sp³-hybridized carbons (Fsp3) is 0.0435. The molecular formula is C46H35N5O6. The number of benzene rings is 4. The van der Waals surface area contributed by atoms with Gasteiger partial charge >= 0.3 is 5.97 Å². The Balaban J connectivity index is 1.42. The van der Waals surface area contributed by atoms with Gasteiger partial charge in [0.25, 0.3) is 5.91 Å². The van der Waals surface area contributed by atoms with Gasteiger partial charge in [-0.25, -0.2) is 4.98 Å². The largest absolute Gasteiger partial charge is 0.508 e. The van der Waals surface area contributed by atoms with Crippen molar-refractivity contribution >= 4 is 46.1 Å². The number of hydrogen-bond donors (Lipinski definition) is 7. The second kappa shape index (κ2) is 15.4. The summed E-state index contributed by atoms with van der Waals surface area (Å²) in [5.74, 6) is -1.10. The highest BCUT2D eigenvalue weighted by Crippen LogP contribution is 2.37. The van der Waals surface area contributed by atoms with Crippen LogP contribution in [0.3, 0.4) is 0 Å². The Hall–Kier alpha value is -7.92. The van der Waals surface area contributed by atoms with E-state index in [9.17, 15) is 24.9 Å². The number of aromatic nitrogens is 4. The fourth-order valence-electron chi connectivity index (χ4n) is 6.89. The summed E-state index contributed by atoms with van der Waals surface area (Å²) in [7, 11) is 0. The van der Waals surface area contributed by atoms with E-state index in [1.807, 2.05) is 54.6 Å². The third-order valence-corrected chi connectivity index (χ3v) is 9.56. The van der Waals surface area contributed by atoms with Crippen molar-refractivity contribution in [2.75, 3.05) is 6.54 Å². The Labute approximate surface area is 326 Å². The van der Waals surface area contributed by atoms with Crippen LogP contribution < -0.4 is 5.32 Å². The SMILES string of the molecule is O=C(O)CCNC(=O)c1ccc(-c2cncc(-c3cccc(O)c3)c3ccc([nH]3)c(-c3cccc(O)c3)c3nc(c(-c4cccc(O)c4)c4ccc2[nH]4)C=C3)cc1. The molecule has 4 heterocycles. The predicted octanol–water partition coefficient (Wildman–Crippen LogP) is 9.16. The molecule has 0 atom stereocenters. The highest BCUT2D eigenvalue weighted by atomic mass is 16.4. The molecular weight excluding hydrogens is 719 g/mol. The molecule has 3 aromatic heterocycles. The monoisotopic (exact) mass is 753 g/mol. The molecule has 0 fully saturated rings. The minimum absolute atomic E-state index is 0.00824. The molecule has 7 aromatic rings. The molecule has 0 saturated carbocycles. The molecule has 8 rings (SSSR count). The van der Waals surface area contributed by atoms with E-state index in [4.69, 9.17) is 15.1 Å². The first-order valence-electron chi connectivity index (χ1n) is 18.1. The van der Waals surface area contributed by atoms with E-state index >= 15 is 0 Å². The van der Waals surface area contributed by atoms with Gasteiger partial charge in [-0.1, -0.05) is 48.5 Å². The molecule has 1 amide bonds. The van der Waals surface area contributed by atoms with Crippen molar-refractivity contribution < 1.29 is 30.0 Å². The number of H-pyrrole nitrogens is 2. The van der Waals surface area contributed by atoms with E-state index in [0.717, 1.165) is 33.3 Å². The molecule has 57 heavy (non-hydrogen) atoms. The van der Waals surface area contributed by atoms with Gasteiger partial charge in [0, 0.05) is 68.8 Å². The quantitative estimate of drug-likeness (QED) is 0.0801. The predicted molar refractivity (Wildman–Crippen MR) is 221 cm³/mol. The average Bonchev–Trinajstić information content (AvgIpc) is 3.98. The number of nitrogens with zero attached hydrogens (tertiary/aromatic N) is 2. The van der Waals surface area contributed by atoms with Crippen LogP contribution in [0, 0.1) is 0 Å². The van der Waals surface area contributed by atoms with Crippen molar-refractivity contribution in [3.8, 4) is 61.8 Å². The second-order valence-corrected chi connectivity index (χ2v) is 13.4. The number of aromatic hydroxyl groups is 3. The van der Waals surface area contributed by atoms with Crippen molar-refractivity contribution in [3.05, 3.63) is 151 Å². The third-order valence-electron chi connectivity index (χ3n) is 9.56. The van der Waals surface area contributed by atoms with Crippen LogP contribution in [-0.4, -0.2) is 58.8 Å². The summed E-state index contributed by atoms with van der Waals surface area (Å²) in [6.07, 6.45) is 7.08. The molecule has 7 N–H and O–H groups in total. The van der Waals surface area contributed by atoms with E-state index in [0.29, 0.717) is 50.2 Å². The zero-order valence-corrected chi connectivity index (χ0v) is 30.3. The molecule has 0 unspecified atom stereocenters. The summed E-state index contributed by atoms with van der Waals surface area (Å²) in [6.45, 7) is 0.00824. The standard InChI is InChI=1S/C46H35N5O6/c52-32-7-1-4-29(22-32)36-26-47-25-35(27-10-12-28(13-11-27)46(57)48-21-20-43(55)56)37-14-16-39(49-37)44(30-5-2-8-33(53)23-30)41-18-19-42(51-41)45(40-17-15-38(36)50-40)31-6-3-9-34(54)24-31/h1-19,22-26,49-50,52-54H,20-21H2,(H,48,57)(H,55,56). The summed E-state index contributed by atoms with van der Waals surface area (Å²) in [4.78, 5) is 40.9. The normalized spacial score (nSPS) is 11.3. The Bertz CT molecular complexity index is 2870. The van der Waals surface area contributed by atoms with E-state index in [2.05, 4.69) is 15.3 Å². The van der Waals surface area contributed by atoms with Crippen molar-refractivity contribution in [3.63, 3.8) is 0 Å². The molecule has 1 aliphatic heterocycles. The molecule has 11 nitrogen and oxygen atoms in total. The number of hydrogen-bond acceptors (Lipinski definition) is 7. The fourth-order valence-corrected chi connectivity index (χ4v) is 6.89. The Morgan fingerprint density at radius 3 is 1.54 bits per heavy atom. The molecule has 1 aliphatic rings. The van der Waals surface area contributed by atoms with Gasteiger partial charge in [0.05, 0.1) is 17.8 Å². The summed E-state index contributed by atoms with van der Waals surface area (Å²) >= 11 is 0. The lowest BCUT2D eigenvalue weighted by Gasteiger charge is -2.07. The Kier molecular flexibility index (Phi) is 9.77. The van der Waals surface area contributed by atoms with Gasteiger partial charge in [-0.3, -0.25) is 14.6 Å². The maximum Gasteiger partial charge on any atom is 0.305 e. The molecule has 280 valence electrons. The maximum absolute atomic E-state index is 12.8. The number of carboxylic acid groups (broad SMARTS) is 1. The highest BCUT2D eigenvalue weighted by molar-refractivity contribution is 5.98. The van der Waals surface area contributed by atoms with Crippen LogP contribution in [0.25, 0.3) is 78.7 Å². The van der Waals surface area contributed by atoms with Gasteiger partial charge in [-0.15, -0.1) is 0 Å². The van der Waals surface area contributed by atoms with Crippen LogP contribution in [0.5, 0.6) is 17.2 Å². The van der Waals surface area contributed by atoms with Crippen LogP contribution in [0.15, 0.2) is 134 Å². The summed E-state index contributed by atoms with van der Waals surface area (Å²) < 4.78 is 0. The van der Waals surface area contributed by atoms with Crippen LogP contribution in [0.2, 0.25) is 0 Å². The number of aliphatic carboxylic acids is 1. The topological polar surface area (TPSA) is 184 Å². The number of phenols is 3. The highest BCUT2D eigenvalue weighted by Gasteiger charge is 2.17. The second-order valence-electron chi connectivity index (χ2n) is 13.4. The number of rotatable bonds is 8. The molecule has 0 radical (unpaired) electrons. The molecule has 11 heteroatoms. The lowest BCUT2D eigenvalue weighted by atomic mass is 10.0. The van der Waals surface area contributed by atoms with E-state index < -0.39 is 5.97 Å². The molecule has 0 aliphatic carbocycles. The third kappa shape index (κ3) is 7.71. The van der Waals surface area contributed by atoms with Gasteiger partial charge in [0.2, 0.25) is 0 Å². The van der Waals surface area contributed by atoms with Gasteiger partial charge in [-0.05, 0) is 107 Å². The number of carboxylic acids is 1. The minimum atomic E-state index is -1.000. The first kappa shape index (κ1) is 36.1. The van der Waals surface area contributed by atoms with Gasteiger partial charge in [0.15, 0.2) is 0 Å². The van der Waals surface area contributed by atoms with Crippen molar-refractivity contribution in [1.29, 1.82) is 0 Å². The molecule has 6 bridgehead atoms. The zero-order valence-electron chi connectivity index (χ0n) is 30.3. The summed E-state index contributed by atoms with van der Waals surface area (Å²) in [5, 5.41) is 43.2. The number of nitrogens with one attached hydrogen (secondary N) is 3. The first-order valence-corrected chi connectivity index (χ1v) is 18.1. The van der Waals surface area contributed by atoms with Crippen LogP contribution in [-0.2, 0) is 4.79 Å². The molecule has 0 spiro atoms. The summed E-state index contributed by atoms with van der Waals surface area (Å²) in [6, 6.07) is 35.5. The number of carbonyl (C=O) groups excluding carboxylic acids is 1. The summed E-state index contributed by atoms with van der Waals surface area (Å²) in [5.41, 5.74) is 10.2. The van der Waals surface area contributed by atoms with Crippen molar-refractivity contribution in [1.82, 2.24) is 25.3 Å². The minimum Gasteiger partial charge on any atom is -0.508 e. The lowest BCUT2D eigenvalue weighted by Crippen LogP contribution is -2.25. The van der Waals surface area contributed by atoms with Crippen molar-refractivity contribution in [2.45, 2.75) is 6.42 Å². The molecule has 4 aromatic carbocycles. The number of phenolic OH excluding ortho intramolecular Hbond substituents is 3. The van der Waals surface area contributed by atoms with Crippen LogP contribution in [0.4, 0.5) is 0 Å². The Morgan fingerprint density at radius 2 is 1.04 bits per heavy atom. The van der Waals surface area contributed by atoms with Gasteiger partial charge < -0.3 is 35.7 Å². The molecule has 0 saturated heterocycles. The number of amides is 1. The van der Waals surface area contributed by atoms with Crippen LogP contribution in [0.1, 0.15) is 28.2 Å². The first-order chi connectivity index (χ1) is 27.7. The van der Waals surface area contributed by atoms with E-state index in [1.165, 1.54) is 0 Å². The van der Waals surface area contributed by atoms with Crippen molar-refractivity contribution in [2.24, 2.45) is 0 Å². The van der Waals surface area contributed by atoms with Gasteiger partial charge in [0.1, 0.15) is 17.2 Å². The number of carbonyl (C=O) groups is 2. The van der Waals surface area contributed by atoms with E-state index in [1.54, 1.807) is 91.3 Å². The lowest BCUT2D eigenvalue weighted by molar-refractivity contribution is -0.136. The van der Waals surface area contributed by atoms with E-state index in [-0.39, 0.29) is 36.1 Å². The average molecular weight is 754 g/mol. The maximum atomic E-state index is 12.8. The van der Waals surface area contributed by atoms with Gasteiger partial charge in [-0.2, -0.15) is 0 Å². The smallest absolute Gasteiger partial charge is 0.305 e.